The summed E-state index contributed by atoms with van der Waals surface area (Å²) in [6.07, 6.45) is 2.21. The van der Waals surface area contributed by atoms with E-state index in [9.17, 15) is 9.90 Å². The summed E-state index contributed by atoms with van der Waals surface area (Å²) in [5.74, 6) is 0.211. The highest BCUT2D eigenvalue weighted by molar-refractivity contribution is 6.05. The number of benzene rings is 1. The lowest BCUT2D eigenvalue weighted by molar-refractivity contribution is 0.0909. The maximum absolute atomic E-state index is 12.2. The third kappa shape index (κ3) is 3.15. The third-order valence-electron chi connectivity index (χ3n) is 3.04. The van der Waals surface area contributed by atoms with Crippen molar-refractivity contribution in [2.45, 2.75) is 26.3 Å². The summed E-state index contributed by atoms with van der Waals surface area (Å²) in [6, 6.07) is 7.18. The third-order valence-corrected chi connectivity index (χ3v) is 3.04. The zero-order chi connectivity index (χ0) is 13.8. The lowest BCUT2D eigenvalue weighted by Gasteiger charge is -2.17. The molecular formula is C15H19NO3. The molecule has 0 bridgehead atoms. The second-order valence-electron chi connectivity index (χ2n) is 5.13. The molecule has 0 radical (unpaired) electrons. The first-order chi connectivity index (χ1) is 9.11. The summed E-state index contributed by atoms with van der Waals surface area (Å²) in [7, 11) is 0. The van der Waals surface area contributed by atoms with E-state index in [2.05, 4.69) is 19.2 Å². The Morgan fingerprint density at radius 1 is 1.37 bits per heavy atom. The molecule has 4 nitrogen and oxygen atoms in total. The highest BCUT2D eigenvalue weighted by Crippen LogP contribution is 2.20. The van der Waals surface area contributed by atoms with Gasteiger partial charge in [0, 0.05) is 5.39 Å². The number of furan rings is 1. The molecule has 0 spiro atoms. The highest BCUT2D eigenvalue weighted by Gasteiger charge is 2.17. The molecule has 0 aliphatic carbocycles. The van der Waals surface area contributed by atoms with Gasteiger partial charge in [0.25, 0.3) is 5.91 Å². The molecule has 102 valence electrons. The molecule has 1 aromatic carbocycles. The Balaban J connectivity index is 2.15. The van der Waals surface area contributed by atoms with Crippen LogP contribution in [0.15, 0.2) is 34.9 Å². The highest BCUT2D eigenvalue weighted by atomic mass is 16.3. The SMILES string of the molecule is CC(C)CC(CO)NC(=O)c1coc2ccccc12. The van der Waals surface area contributed by atoms with Gasteiger partial charge in [-0.25, -0.2) is 0 Å². The summed E-state index contributed by atoms with van der Waals surface area (Å²) in [6.45, 7) is 4.06. The van der Waals surface area contributed by atoms with Crippen LogP contribution >= 0.6 is 0 Å². The fourth-order valence-corrected chi connectivity index (χ4v) is 2.16. The summed E-state index contributed by atoms with van der Waals surface area (Å²) >= 11 is 0. The maximum Gasteiger partial charge on any atom is 0.255 e. The molecule has 0 saturated heterocycles. The average molecular weight is 261 g/mol. The van der Waals surface area contributed by atoms with Crippen LogP contribution in [0, 0.1) is 5.92 Å². The summed E-state index contributed by atoms with van der Waals surface area (Å²) in [5.41, 5.74) is 1.20. The van der Waals surface area contributed by atoms with E-state index < -0.39 is 0 Å². The first kappa shape index (κ1) is 13.6. The zero-order valence-corrected chi connectivity index (χ0v) is 11.2. The molecule has 1 unspecified atom stereocenters. The number of carbonyl (C=O) groups excluding carboxylic acids is 1. The number of rotatable bonds is 5. The average Bonchev–Trinajstić information content (AvgIpc) is 2.81. The van der Waals surface area contributed by atoms with E-state index in [0.29, 0.717) is 17.1 Å². The van der Waals surface area contributed by atoms with Gasteiger partial charge in [-0.05, 0) is 18.4 Å². The van der Waals surface area contributed by atoms with Gasteiger partial charge in [-0.1, -0.05) is 32.0 Å². The minimum absolute atomic E-state index is 0.0558. The first-order valence-electron chi connectivity index (χ1n) is 6.49. The Hall–Kier alpha value is -1.81. The molecule has 19 heavy (non-hydrogen) atoms. The number of amides is 1. The maximum atomic E-state index is 12.2. The van der Waals surface area contributed by atoms with Crippen LogP contribution < -0.4 is 5.32 Å². The number of aliphatic hydroxyl groups excluding tert-OH is 1. The predicted octanol–water partition coefficient (Wildman–Crippen LogP) is 2.57. The Morgan fingerprint density at radius 3 is 2.79 bits per heavy atom. The summed E-state index contributed by atoms with van der Waals surface area (Å²) in [5, 5.41) is 12.9. The van der Waals surface area contributed by atoms with E-state index in [-0.39, 0.29) is 18.6 Å². The number of nitrogens with one attached hydrogen (secondary N) is 1. The van der Waals surface area contributed by atoms with Crippen LogP contribution in [0.2, 0.25) is 0 Å². The normalized spacial score (nSPS) is 12.8. The monoisotopic (exact) mass is 261 g/mol. The summed E-state index contributed by atoms with van der Waals surface area (Å²) in [4.78, 5) is 12.2. The van der Waals surface area contributed by atoms with Crippen LogP contribution in [0.5, 0.6) is 0 Å². The molecule has 2 rings (SSSR count). The molecule has 0 aliphatic rings. The fourth-order valence-electron chi connectivity index (χ4n) is 2.16. The van der Waals surface area contributed by atoms with E-state index in [0.717, 1.165) is 11.8 Å². The minimum Gasteiger partial charge on any atom is -0.463 e. The van der Waals surface area contributed by atoms with Crippen molar-refractivity contribution < 1.29 is 14.3 Å². The van der Waals surface area contributed by atoms with Crippen molar-refractivity contribution in [1.82, 2.24) is 5.32 Å². The molecule has 2 aromatic rings. The van der Waals surface area contributed by atoms with E-state index in [4.69, 9.17) is 4.42 Å². The van der Waals surface area contributed by atoms with Crippen molar-refractivity contribution in [3.8, 4) is 0 Å². The largest absolute Gasteiger partial charge is 0.463 e. The van der Waals surface area contributed by atoms with Gasteiger partial charge in [0.1, 0.15) is 11.8 Å². The lowest BCUT2D eigenvalue weighted by atomic mass is 10.0. The van der Waals surface area contributed by atoms with Crippen molar-refractivity contribution >= 4 is 16.9 Å². The second-order valence-corrected chi connectivity index (χ2v) is 5.13. The molecule has 1 aromatic heterocycles. The smallest absolute Gasteiger partial charge is 0.255 e. The Morgan fingerprint density at radius 2 is 2.11 bits per heavy atom. The van der Waals surface area contributed by atoms with E-state index in [1.807, 2.05) is 24.3 Å². The standard InChI is InChI=1S/C15H19NO3/c1-10(2)7-11(8-17)16-15(18)13-9-19-14-6-4-3-5-12(13)14/h3-6,9-11,17H,7-8H2,1-2H3,(H,16,18). The van der Waals surface area contributed by atoms with Gasteiger partial charge in [-0.15, -0.1) is 0 Å². The van der Waals surface area contributed by atoms with Gasteiger partial charge in [0.15, 0.2) is 0 Å². The number of fused-ring (bicyclic) bond motifs is 1. The van der Waals surface area contributed by atoms with Gasteiger partial charge in [-0.3, -0.25) is 4.79 Å². The number of para-hydroxylation sites is 1. The van der Waals surface area contributed by atoms with Crippen molar-refractivity contribution in [3.63, 3.8) is 0 Å². The minimum atomic E-state index is -0.221. The van der Waals surface area contributed by atoms with Crippen molar-refractivity contribution in [1.29, 1.82) is 0 Å². The van der Waals surface area contributed by atoms with Gasteiger partial charge < -0.3 is 14.8 Å². The van der Waals surface area contributed by atoms with Crippen molar-refractivity contribution in [2.75, 3.05) is 6.61 Å². The Bertz CT molecular complexity index is 559. The van der Waals surface area contributed by atoms with Crippen LogP contribution in [0.25, 0.3) is 11.0 Å². The molecule has 2 N–H and O–H groups in total. The van der Waals surface area contributed by atoms with E-state index in [1.54, 1.807) is 0 Å². The molecular weight excluding hydrogens is 242 g/mol. The molecule has 1 heterocycles. The second kappa shape index (κ2) is 5.89. The van der Waals surface area contributed by atoms with Crippen molar-refractivity contribution in [3.05, 3.63) is 36.1 Å². The lowest BCUT2D eigenvalue weighted by Crippen LogP contribution is -2.38. The molecule has 0 fully saturated rings. The predicted molar refractivity (Wildman–Crippen MR) is 74.0 cm³/mol. The van der Waals surface area contributed by atoms with Gasteiger partial charge in [0.2, 0.25) is 0 Å². The van der Waals surface area contributed by atoms with E-state index >= 15 is 0 Å². The van der Waals surface area contributed by atoms with Crippen molar-refractivity contribution in [2.24, 2.45) is 5.92 Å². The summed E-state index contributed by atoms with van der Waals surface area (Å²) < 4.78 is 5.34. The zero-order valence-electron chi connectivity index (χ0n) is 11.2. The van der Waals surface area contributed by atoms with E-state index in [1.165, 1.54) is 6.26 Å². The van der Waals surface area contributed by atoms with Crippen LogP contribution in [0.1, 0.15) is 30.6 Å². The molecule has 1 atom stereocenters. The molecule has 0 saturated carbocycles. The van der Waals surface area contributed by atoms with Gasteiger partial charge in [-0.2, -0.15) is 0 Å². The van der Waals surface area contributed by atoms with Crippen LogP contribution in [-0.4, -0.2) is 23.7 Å². The van der Waals surface area contributed by atoms with Crippen LogP contribution in [0.3, 0.4) is 0 Å². The molecule has 1 amide bonds. The number of aliphatic hydroxyl groups is 1. The fraction of sp³-hybridized carbons (Fsp3) is 0.400. The molecule has 0 aliphatic heterocycles. The van der Waals surface area contributed by atoms with Gasteiger partial charge >= 0.3 is 0 Å². The number of hydrogen-bond donors (Lipinski definition) is 2. The topological polar surface area (TPSA) is 62.5 Å². The van der Waals surface area contributed by atoms with Crippen LogP contribution in [-0.2, 0) is 0 Å². The number of carbonyl (C=O) groups is 1. The first-order valence-corrected chi connectivity index (χ1v) is 6.49. The molecule has 4 heteroatoms. The Labute approximate surface area is 112 Å². The van der Waals surface area contributed by atoms with Gasteiger partial charge in [0.05, 0.1) is 18.2 Å². The Kier molecular flexibility index (Phi) is 4.22. The van der Waals surface area contributed by atoms with Crippen LogP contribution in [0.4, 0.5) is 0 Å². The number of hydrogen-bond acceptors (Lipinski definition) is 3. The quantitative estimate of drug-likeness (QED) is 0.869.